The molecule has 2 unspecified atom stereocenters. The van der Waals surface area contributed by atoms with Crippen LogP contribution in [0.1, 0.15) is 44.2 Å². The van der Waals surface area contributed by atoms with Crippen LogP contribution in [0.5, 0.6) is 0 Å². The Hall–Kier alpha value is -0.450. The van der Waals surface area contributed by atoms with Gasteiger partial charge in [0.25, 0.3) is 0 Å². The fraction of sp³-hybridized carbons (Fsp3) is 0.600. The van der Waals surface area contributed by atoms with Gasteiger partial charge in [-0.25, -0.2) is 4.39 Å². The molecule has 0 amide bonds. The Bertz CT molecular complexity index is 425. The van der Waals surface area contributed by atoms with Gasteiger partial charge in [0.2, 0.25) is 0 Å². The van der Waals surface area contributed by atoms with Crippen molar-refractivity contribution in [3.8, 4) is 0 Å². The van der Waals surface area contributed by atoms with Crippen LogP contribution in [0.2, 0.25) is 0 Å². The standard InChI is InChI=1S/C15H22BrFN2/c1-11-5-3-2-4-8-19(11)15(10-18)13-9-12(16)6-7-14(13)17/h6-7,9,11,15H,2-5,8,10,18H2,1H3. The van der Waals surface area contributed by atoms with E-state index < -0.39 is 0 Å². The zero-order valence-electron chi connectivity index (χ0n) is 11.4. The minimum Gasteiger partial charge on any atom is -0.329 e. The molecular formula is C15H22BrFN2. The lowest BCUT2D eigenvalue weighted by molar-refractivity contribution is 0.148. The van der Waals surface area contributed by atoms with Gasteiger partial charge in [-0.15, -0.1) is 0 Å². The summed E-state index contributed by atoms with van der Waals surface area (Å²) < 4.78 is 15.0. The van der Waals surface area contributed by atoms with Crippen LogP contribution in [0.25, 0.3) is 0 Å². The van der Waals surface area contributed by atoms with Crippen LogP contribution < -0.4 is 5.73 Å². The molecule has 4 heteroatoms. The summed E-state index contributed by atoms with van der Waals surface area (Å²) in [5.41, 5.74) is 6.66. The van der Waals surface area contributed by atoms with Crippen LogP contribution in [-0.2, 0) is 0 Å². The zero-order valence-corrected chi connectivity index (χ0v) is 13.0. The molecule has 2 nitrogen and oxygen atoms in total. The molecule has 1 fully saturated rings. The molecule has 1 saturated heterocycles. The van der Waals surface area contributed by atoms with E-state index in [1.807, 2.05) is 6.07 Å². The van der Waals surface area contributed by atoms with Crippen LogP contribution in [0.3, 0.4) is 0 Å². The number of nitrogens with zero attached hydrogens (tertiary/aromatic N) is 1. The zero-order chi connectivity index (χ0) is 13.8. The van der Waals surface area contributed by atoms with Gasteiger partial charge in [0, 0.05) is 22.6 Å². The third-order valence-electron chi connectivity index (χ3n) is 4.05. The summed E-state index contributed by atoms with van der Waals surface area (Å²) in [5, 5.41) is 0. The van der Waals surface area contributed by atoms with Crippen LogP contribution in [0.4, 0.5) is 4.39 Å². The Morgan fingerprint density at radius 1 is 1.42 bits per heavy atom. The Kier molecular flexibility index (Phi) is 5.37. The first kappa shape index (κ1) is 14.9. The van der Waals surface area contributed by atoms with E-state index in [9.17, 15) is 4.39 Å². The van der Waals surface area contributed by atoms with E-state index in [0.717, 1.165) is 11.0 Å². The molecule has 0 radical (unpaired) electrons. The topological polar surface area (TPSA) is 29.3 Å². The smallest absolute Gasteiger partial charge is 0.128 e. The Morgan fingerprint density at radius 3 is 2.95 bits per heavy atom. The Balaban J connectivity index is 2.29. The van der Waals surface area contributed by atoms with Crippen molar-refractivity contribution in [2.75, 3.05) is 13.1 Å². The SMILES string of the molecule is CC1CCCCCN1C(CN)c1cc(Br)ccc1F. The molecule has 0 aromatic heterocycles. The van der Waals surface area contributed by atoms with Crippen molar-refractivity contribution >= 4 is 15.9 Å². The molecule has 1 aliphatic heterocycles. The number of hydrogen-bond acceptors (Lipinski definition) is 2. The first-order valence-corrected chi connectivity index (χ1v) is 7.83. The Labute approximate surface area is 123 Å². The Morgan fingerprint density at radius 2 is 2.21 bits per heavy atom. The molecule has 106 valence electrons. The predicted molar refractivity (Wildman–Crippen MR) is 80.5 cm³/mol. The van der Waals surface area contributed by atoms with E-state index in [-0.39, 0.29) is 11.9 Å². The average Bonchev–Trinajstić information content (AvgIpc) is 2.60. The predicted octanol–water partition coefficient (Wildman–Crippen LogP) is 3.85. The highest BCUT2D eigenvalue weighted by Crippen LogP contribution is 2.30. The number of likely N-dealkylation sites (tertiary alicyclic amines) is 1. The summed E-state index contributed by atoms with van der Waals surface area (Å²) in [6.45, 7) is 3.69. The summed E-state index contributed by atoms with van der Waals surface area (Å²) in [7, 11) is 0. The first-order valence-electron chi connectivity index (χ1n) is 7.04. The maximum atomic E-state index is 14.1. The maximum Gasteiger partial charge on any atom is 0.128 e. The van der Waals surface area contributed by atoms with E-state index >= 15 is 0 Å². The van der Waals surface area contributed by atoms with Crippen molar-refractivity contribution in [2.45, 2.75) is 44.7 Å². The molecule has 0 bridgehead atoms. The third-order valence-corrected chi connectivity index (χ3v) is 4.54. The van der Waals surface area contributed by atoms with Gasteiger partial charge in [0.1, 0.15) is 5.82 Å². The van der Waals surface area contributed by atoms with Crippen molar-refractivity contribution in [1.29, 1.82) is 0 Å². The van der Waals surface area contributed by atoms with Gasteiger partial charge in [0.05, 0.1) is 6.04 Å². The maximum absolute atomic E-state index is 14.1. The van der Waals surface area contributed by atoms with Crippen molar-refractivity contribution in [3.05, 3.63) is 34.1 Å². The number of hydrogen-bond donors (Lipinski definition) is 1. The molecule has 19 heavy (non-hydrogen) atoms. The van der Waals surface area contributed by atoms with Crippen LogP contribution in [-0.4, -0.2) is 24.0 Å². The molecule has 2 rings (SSSR count). The highest BCUT2D eigenvalue weighted by molar-refractivity contribution is 9.10. The van der Waals surface area contributed by atoms with Gasteiger partial charge in [-0.3, -0.25) is 4.90 Å². The van der Waals surface area contributed by atoms with Crippen molar-refractivity contribution in [1.82, 2.24) is 4.90 Å². The van der Waals surface area contributed by atoms with E-state index in [1.54, 1.807) is 6.07 Å². The average molecular weight is 329 g/mol. The largest absolute Gasteiger partial charge is 0.329 e. The number of benzene rings is 1. The number of rotatable bonds is 3. The van der Waals surface area contributed by atoms with Gasteiger partial charge in [0.15, 0.2) is 0 Å². The summed E-state index contributed by atoms with van der Waals surface area (Å²) in [6, 6.07) is 5.56. The molecule has 1 aliphatic rings. The van der Waals surface area contributed by atoms with E-state index in [2.05, 4.69) is 27.8 Å². The fourth-order valence-corrected chi connectivity index (χ4v) is 3.35. The van der Waals surface area contributed by atoms with E-state index in [1.165, 1.54) is 31.7 Å². The van der Waals surface area contributed by atoms with E-state index in [0.29, 0.717) is 18.2 Å². The molecule has 0 saturated carbocycles. The molecule has 2 N–H and O–H groups in total. The highest BCUT2D eigenvalue weighted by Gasteiger charge is 2.27. The molecule has 1 aromatic rings. The van der Waals surface area contributed by atoms with Crippen LogP contribution in [0, 0.1) is 5.82 Å². The van der Waals surface area contributed by atoms with Gasteiger partial charge in [-0.05, 0) is 44.5 Å². The minimum atomic E-state index is -0.157. The monoisotopic (exact) mass is 328 g/mol. The third kappa shape index (κ3) is 3.56. The lowest BCUT2D eigenvalue weighted by atomic mass is 10.0. The van der Waals surface area contributed by atoms with Gasteiger partial charge in [-0.1, -0.05) is 28.8 Å². The molecular weight excluding hydrogens is 307 g/mol. The second-order valence-corrected chi connectivity index (χ2v) is 6.27. The van der Waals surface area contributed by atoms with Crippen molar-refractivity contribution < 1.29 is 4.39 Å². The minimum absolute atomic E-state index is 0.0226. The summed E-state index contributed by atoms with van der Waals surface area (Å²) >= 11 is 3.42. The van der Waals surface area contributed by atoms with Gasteiger partial charge >= 0.3 is 0 Å². The van der Waals surface area contributed by atoms with Gasteiger partial charge in [-0.2, -0.15) is 0 Å². The molecule has 0 spiro atoms. The summed E-state index contributed by atoms with van der Waals surface area (Å²) in [4.78, 5) is 2.37. The van der Waals surface area contributed by atoms with Crippen LogP contribution >= 0.6 is 15.9 Å². The summed E-state index contributed by atoms with van der Waals surface area (Å²) in [5.74, 6) is -0.157. The quantitative estimate of drug-likeness (QED) is 0.913. The van der Waals surface area contributed by atoms with E-state index in [4.69, 9.17) is 5.73 Å². The van der Waals surface area contributed by atoms with Crippen molar-refractivity contribution in [3.63, 3.8) is 0 Å². The number of halogens is 2. The molecule has 1 aromatic carbocycles. The molecule has 2 atom stereocenters. The lowest BCUT2D eigenvalue weighted by Crippen LogP contribution is -2.40. The second-order valence-electron chi connectivity index (χ2n) is 5.35. The molecule has 0 aliphatic carbocycles. The highest BCUT2D eigenvalue weighted by atomic mass is 79.9. The lowest BCUT2D eigenvalue weighted by Gasteiger charge is -2.35. The van der Waals surface area contributed by atoms with Gasteiger partial charge < -0.3 is 5.73 Å². The van der Waals surface area contributed by atoms with Crippen molar-refractivity contribution in [2.24, 2.45) is 5.73 Å². The first-order chi connectivity index (χ1) is 9.13. The summed E-state index contributed by atoms with van der Waals surface area (Å²) in [6.07, 6.45) is 4.87. The van der Waals surface area contributed by atoms with Crippen LogP contribution in [0.15, 0.2) is 22.7 Å². The second kappa shape index (κ2) is 6.82. The normalized spacial score (nSPS) is 23.1. The number of nitrogens with two attached hydrogens (primary N) is 1. The fourth-order valence-electron chi connectivity index (χ4n) is 2.97. The molecule has 1 heterocycles.